The first kappa shape index (κ1) is 30.4. The third-order valence-corrected chi connectivity index (χ3v) is 11.8. The Balaban J connectivity index is 1.13. The molecule has 0 aliphatic carbocycles. The summed E-state index contributed by atoms with van der Waals surface area (Å²) in [4.78, 5) is 0. The van der Waals surface area contributed by atoms with Crippen LogP contribution in [0.1, 0.15) is 0 Å². The van der Waals surface area contributed by atoms with Gasteiger partial charge < -0.3 is 9.47 Å². The van der Waals surface area contributed by atoms with E-state index < -0.39 is 0 Å². The molecule has 0 N–H and O–H groups in total. The lowest BCUT2D eigenvalue weighted by molar-refractivity contribution is 0.465. The van der Waals surface area contributed by atoms with Gasteiger partial charge in [-0.05, 0) is 106 Å². The van der Waals surface area contributed by atoms with E-state index in [-0.39, 0.29) is 6.71 Å². The van der Waals surface area contributed by atoms with Gasteiger partial charge in [0.25, 0.3) is 6.71 Å². The SMILES string of the molecule is c1ccc2c(c1)Oc1cccc3c1B2c1cccc(-c2ccccc2-c2c4ccccc4c(-c4cc5ccccc5c5ccccc45)c4ccccc24)c1O3. The maximum absolute atomic E-state index is 6.96. The minimum atomic E-state index is 0.00438. The van der Waals surface area contributed by atoms with Crippen molar-refractivity contribution in [3.8, 4) is 56.4 Å². The largest absolute Gasteiger partial charge is 0.458 e. The molecule has 2 heterocycles. The Kier molecular flexibility index (Phi) is 6.46. The third kappa shape index (κ3) is 4.38. The van der Waals surface area contributed by atoms with Crippen molar-refractivity contribution in [1.29, 1.82) is 0 Å². The van der Waals surface area contributed by atoms with E-state index in [0.717, 1.165) is 50.5 Å². The molecule has 0 fully saturated rings. The molecule has 12 rings (SSSR count). The van der Waals surface area contributed by atoms with Crippen LogP contribution in [0.5, 0.6) is 23.0 Å². The van der Waals surface area contributed by atoms with E-state index in [4.69, 9.17) is 9.47 Å². The smallest absolute Gasteiger partial charge is 0.260 e. The Morgan fingerprint density at radius 1 is 0.309 bits per heavy atom. The van der Waals surface area contributed by atoms with E-state index in [2.05, 4.69) is 176 Å². The molecule has 0 radical (unpaired) electrons. The summed E-state index contributed by atoms with van der Waals surface area (Å²) < 4.78 is 13.4. The molecular weight excluding hydrogens is 667 g/mol. The van der Waals surface area contributed by atoms with Crippen molar-refractivity contribution >= 4 is 66.2 Å². The Morgan fingerprint density at radius 2 is 0.800 bits per heavy atom. The number of para-hydroxylation sites is 2. The molecule has 2 aliphatic rings. The molecule has 0 spiro atoms. The highest BCUT2D eigenvalue weighted by Gasteiger charge is 2.40. The molecule has 0 unspecified atom stereocenters. The topological polar surface area (TPSA) is 18.5 Å². The van der Waals surface area contributed by atoms with Gasteiger partial charge in [-0.2, -0.15) is 0 Å². The summed E-state index contributed by atoms with van der Waals surface area (Å²) in [6.45, 7) is 0.00438. The van der Waals surface area contributed by atoms with Crippen LogP contribution in [-0.2, 0) is 0 Å². The Bertz CT molecular complexity index is 3180. The molecular formula is C52H31BO2. The average Bonchev–Trinajstić information content (AvgIpc) is 3.25. The van der Waals surface area contributed by atoms with Gasteiger partial charge in [0.2, 0.25) is 0 Å². The molecule has 2 nitrogen and oxygen atoms in total. The highest BCUT2D eigenvalue weighted by Crippen LogP contribution is 2.49. The highest BCUT2D eigenvalue weighted by molar-refractivity contribution is 6.98. The second kappa shape index (κ2) is 11.7. The Labute approximate surface area is 318 Å². The van der Waals surface area contributed by atoms with Gasteiger partial charge >= 0.3 is 0 Å². The van der Waals surface area contributed by atoms with Crippen molar-refractivity contribution in [2.45, 2.75) is 0 Å². The van der Waals surface area contributed by atoms with Crippen LogP contribution >= 0.6 is 0 Å². The number of hydrogen-bond donors (Lipinski definition) is 0. The molecule has 0 aromatic heterocycles. The normalized spacial score (nSPS) is 12.6. The standard InChI is InChI=1S/C52H31BO2/c1-2-16-33-32(15-1)31-43(35-18-4-3-17-34(33)35)50-40-23-9-7-21-38(40)49(39-22-8-10-24-41(39)50)37-20-6-5-19-36(37)42-25-13-27-45-52(42)55-48-30-14-29-47-51(48)53(45)44-26-11-12-28-46(44)54-47/h1-31H. The predicted molar refractivity (Wildman–Crippen MR) is 230 cm³/mol. The first-order valence-corrected chi connectivity index (χ1v) is 19.0. The maximum atomic E-state index is 6.96. The molecule has 55 heavy (non-hydrogen) atoms. The zero-order valence-corrected chi connectivity index (χ0v) is 29.8. The van der Waals surface area contributed by atoms with Crippen molar-refractivity contribution in [3.63, 3.8) is 0 Å². The van der Waals surface area contributed by atoms with Gasteiger partial charge in [0, 0.05) is 11.0 Å². The van der Waals surface area contributed by atoms with Crippen LogP contribution < -0.4 is 25.9 Å². The van der Waals surface area contributed by atoms with Crippen LogP contribution in [0.4, 0.5) is 0 Å². The lowest BCUT2D eigenvalue weighted by Crippen LogP contribution is -2.57. The number of hydrogen-bond acceptors (Lipinski definition) is 2. The molecule has 0 saturated carbocycles. The molecule has 10 aromatic carbocycles. The molecule has 0 amide bonds. The predicted octanol–water partition coefficient (Wildman–Crippen LogP) is 12.0. The van der Waals surface area contributed by atoms with Crippen molar-refractivity contribution in [1.82, 2.24) is 0 Å². The summed E-state index contributed by atoms with van der Waals surface area (Å²) in [5.41, 5.74) is 10.5. The van der Waals surface area contributed by atoms with Gasteiger partial charge in [-0.3, -0.25) is 0 Å². The van der Waals surface area contributed by atoms with Gasteiger partial charge in [0.15, 0.2) is 0 Å². The van der Waals surface area contributed by atoms with Crippen molar-refractivity contribution in [2.24, 2.45) is 0 Å². The first-order valence-electron chi connectivity index (χ1n) is 19.0. The summed E-state index contributed by atoms with van der Waals surface area (Å²) in [6.07, 6.45) is 0. The van der Waals surface area contributed by atoms with Crippen LogP contribution in [-0.4, -0.2) is 6.71 Å². The summed E-state index contributed by atoms with van der Waals surface area (Å²) in [6, 6.07) is 68.0. The molecule has 2 aliphatic heterocycles. The Morgan fingerprint density at radius 3 is 1.55 bits per heavy atom. The van der Waals surface area contributed by atoms with Gasteiger partial charge in [0.05, 0.1) is 0 Å². The molecule has 0 atom stereocenters. The van der Waals surface area contributed by atoms with E-state index in [9.17, 15) is 0 Å². The second-order valence-electron chi connectivity index (χ2n) is 14.6. The fourth-order valence-corrected chi connectivity index (χ4v) is 9.52. The molecule has 10 aromatic rings. The monoisotopic (exact) mass is 698 g/mol. The van der Waals surface area contributed by atoms with E-state index in [1.165, 1.54) is 65.3 Å². The lowest BCUT2D eigenvalue weighted by atomic mass is 9.34. The molecule has 0 bridgehead atoms. The van der Waals surface area contributed by atoms with E-state index in [1.54, 1.807) is 0 Å². The molecule has 0 saturated heterocycles. The van der Waals surface area contributed by atoms with Gasteiger partial charge in [-0.1, -0.05) is 164 Å². The van der Waals surface area contributed by atoms with Crippen molar-refractivity contribution < 1.29 is 9.47 Å². The van der Waals surface area contributed by atoms with Crippen molar-refractivity contribution in [2.75, 3.05) is 0 Å². The van der Waals surface area contributed by atoms with Gasteiger partial charge in [-0.15, -0.1) is 0 Å². The third-order valence-electron chi connectivity index (χ3n) is 11.8. The fourth-order valence-electron chi connectivity index (χ4n) is 9.52. The molecule has 254 valence electrons. The first-order chi connectivity index (χ1) is 27.3. The minimum Gasteiger partial charge on any atom is -0.458 e. The molecule has 3 heteroatoms. The summed E-state index contributed by atoms with van der Waals surface area (Å²) >= 11 is 0. The summed E-state index contributed by atoms with van der Waals surface area (Å²) in [5, 5.41) is 9.96. The zero-order chi connectivity index (χ0) is 36.0. The quantitative estimate of drug-likeness (QED) is 0.104. The van der Waals surface area contributed by atoms with Crippen LogP contribution in [0.25, 0.3) is 76.5 Å². The van der Waals surface area contributed by atoms with Crippen molar-refractivity contribution in [3.05, 3.63) is 188 Å². The minimum absolute atomic E-state index is 0.00438. The van der Waals surface area contributed by atoms with Crippen LogP contribution in [0.3, 0.4) is 0 Å². The highest BCUT2D eigenvalue weighted by atomic mass is 16.5. The van der Waals surface area contributed by atoms with Crippen LogP contribution in [0, 0.1) is 0 Å². The van der Waals surface area contributed by atoms with Crippen LogP contribution in [0.15, 0.2) is 188 Å². The number of ether oxygens (including phenoxy) is 2. The zero-order valence-electron chi connectivity index (χ0n) is 29.8. The number of fused-ring (bicyclic) bond motifs is 9. The van der Waals surface area contributed by atoms with Crippen LogP contribution in [0.2, 0.25) is 0 Å². The van der Waals surface area contributed by atoms with E-state index in [1.807, 2.05) is 12.1 Å². The summed E-state index contributed by atoms with van der Waals surface area (Å²) in [7, 11) is 0. The number of benzene rings is 10. The van der Waals surface area contributed by atoms with E-state index in [0.29, 0.717) is 0 Å². The Hall–Kier alpha value is -7.10. The average molecular weight is 699 g/mol. The lowest BCUT2D eigenvalue weighted by Gasteiger charge is -2.33. The van der Waals surface area contributed by atoms with E-state index >= 15 is 0 Å². The second-order valence-corrected chi connectivity index (χ2v) is 14.6. The maximum Gasteiger partial charge on any atom is 0.260 e. The van der Waals surface area contributed by atoms with Gasteiger partial charge in [-0.25, -0.2) is 0 Å². The van der Waals surface area contributed by atoms with Gasteiger partial charge in [0.1, 0.15) is 23.0 Å². The number of rotatable bonds is 3. The summed E-state index contributed by atoms with van der Waals surface area (Å²) in [5.74, 6) is 3.49. The fraction of sp³-hybridized carbons (Fsp3) is 0.